The predicted octanol–water partition coefficient (Wildman–Crippen LogP) is 14.3. The lowest BCUT2D eigenvalue weighted by atomic mass is 9.79. The summed E-state index contributed by atoms with van der Waals surface area (Å²) < 4.78 is 233. The van der Waals surface area contributed by atoms with E-state index < -0.39 is 120 Å². The molecule has 0 aromatic heterocycles. The molecule has 12 rings (SSSR count). The average molecular weight is 1700 g/mol. The Morgan fingerprint density at radius 2 is 0.575 bits per heavy atom. The van der Waals surface area contributed by atoms with Crippen LogP contribution in [0.5, 0.6) is 46.0 Å². The van der Waals surface area contributed by atoms with Gasteiger partial charge in [0.25, 0.3) is 0 Å². The maximum absolute atomic E-state index is 12.9. The summed E-state index contributed by atoms with van der Waals surface area (Å²) in [5, 5.41) is 0. The van der Waals surface area contributed by atoms with E-state index in [1.165, 1.54) is 32.5 Å². The van der Waals surface area contributed by atoms with Crippen molar-refractivity contribution in [3.05, 3.63) is 93.0 Å². The first kappa shape index (κ1) is 70.2. The molecule has 0 radical (unpaired) electrons. The molecule has 24 heteroatoms. The Bertz CT molecular complexity index is 4740. The zero-order valence-corrected chi connectivity index (χ0v) is 74.2. The van der Waals surface area contributed by atoms with Crippen LogP contribution in [-0.2, 0) is 63.8 Å². The van der Waals surface area contributed by atoms with E-state index in [1.54, 1.807) is 72.2 Å². The molecule has 8 aliphatic heterocycles. The molecule has 672 valence electrons. The van der Waals surface area contributed by atoms with E-state index in [0.29, 0.717) is 55.9 Å². The van der Waals surface area contributed by atoms with Crippen LogP contribution in [0, 0.1) is 71.0 Å². The second kappa shape index (κ2) is 43.9. The molecule has 8 N–H and O–H groups in total. The zero-order valence-electron chi connectivity index (χ0n) is 95.2. The number of piperidine rings is 4. The number of methoxy groups -OCH3 is 8. The van der Waals surface area contributed by atoms with Crippen LogP contribution >= 0.6 is 0 Å². The molecule has 4 fully saturated rings. The van der Waals surface area contributed by atoms with Crippen molar-refractivity contribution in [3.63, 3.8) is 0 Å². The Kier molecular flexibility index (Phi) is 25.7. The molecule has 120 heavy (non-hydrogen) atoms. The number of benzene rings is 4. The van der Waals surface area contributed by atoms with Crippen molar-refractivity contribution in [2.45, 2.75) is 260 Å². The summed E-state index contributed by atoms with van der Waals surface area (Å²) in [7, 11) is -0.272. The van der Waals surface area contributed by atoms with Crippen LogP contribution in [0.2, 0.25) is 0 Å². The van der Waals surface area contributed by atoms with E-state index in [4.69, 9.17) is 109 Å². The van der Waals surface area contributed by atoms with E-state index in [-0.39, 0.29) is 133 Å². The lowest BCUT2D eigenvalue weighted by molar-refractivity contribution is -0.161. The topological polar surface area (TPSA) is 296 Å². The van der Waals surface area contributed by atoms with E-state index in [9.17, 15) is 19.2 Å². The first-order chi connectivity index (χ1) is 65.0. The second-order valence-corrected chi connectivity index (χ2v) is 35.8. The summed E-state index contributed by atoms with van der Waals surface area (Å²) in [5.41, 5.74) is 32.1. The number of rotatable bonds is 28. The molecule has 4 aromatic rings. The Morgan fingerprint density at radius 1 is 0.358 bits per heavy atom. The Balaban J connectivity index is 0.000000211. The lowest BCUT2D eigenvalue weighted by Gasteiger charge is -2.47. The van der Waals surface area contributed by atoms with Crippen molar-refractivity contribution in [2.24, 2.45) is 93.9 Å². The van der Waals surface area contributed by atoms with Crippen LogP contribution < -0.4 is 60.8 Å². The van der Waals surface area contributed by atoms with Crippen LogP contribution in [0.15, 0.2) is 48.5 Å². The van der Waals surface area contributed by atoms with E-state index >= 15 is 0 Å². The third-order valence-electron chi connectivity index (χ3n) is 25.1. The molecule has 0 aliphatic carbocycles. The van der Waals surface area contributed by atoms with Crippen molar-refractivity contribution in [2.75, 3.05) is 109 Å². The largest absolute Gasteiger partial charge is 0.493 e. The van der Waals surface area contributed by atoms with E-state index in [2.05, 4.69) is 49.6 Å². The molecule has 4 aromatic carbocycles. The Labute approximate surface area is 748 Å². The van der Waals surface area contributed by atoms with Crippen LogP contribution in [0.25, 0.3) is 0 Å². The van der Waals surface area contributed by atoms with Crippen molar-refractivity contribution < 1.29 is 105 Å². The maximum Gasteiger partial charge on any atom is 0.323 e. The molecule has 24 nitrogen and oxygen atoms in total. The summed E-state index contributed by atoms with van der Waals surface area (Å²) in [6, 6.07) is 10.9. The first-order valence-corrected chi connectivity index (χ1v) is 42.8. The first-order valence-electron chi connectivity index (χ1n) is 53.3. The molecule has 8 heterocycles. The predicted molar refractivity (Wildman–Crippen MR) is 471 cm³/mol. The molecule has 18 atom stereocenters. The molecular formula is C96H152N8O16. The zero-order chi connectivity index (χ0) is 106. The molecule has 0 saturated carbocycles. The number of hydrogen-bond donors (Lipinski definition) is 4. The molecular weight excluding hydrogens is 1520 g/mol. The van der Waals surface area contributed by atoms with Crippen LogP contribution in [0.4, 0.5) is 0 Å². The number of hydrogen-bond acceptors (Lipinski definition) is 24. The fourth-order valence-electron chi connectivity index (χ4n) is 18.3. The highest BCUT2D eigenvalue weighted by atomic mass is 16.6. The molecule has 8 aliphatic rings. The quantitative estimate of drug-likeness (QED) is 0.0303. The van der Waals surface area contributed by atoms with Crippen LogP contribution in [0.3, 0.4) is 0 Å². The van der Waals surface area contributed by atoms with Gasteiger partial charge in [-0.25, -0.2) is 0 Å². The summed E-state index contributed by atoms with van der Waals surface area (Å²) in [6.07, 6.45) is -1.14. The number of ether oxygens (including phenoxy) is 12. The summed E-state index contributed by atoms with van der Waals surface area (Å²) >= 11 is 0. The van der Waals surface area contributed by atoms with Crippen molar-refractivity contribution >= 4 is 23.9 Å². The van der Waals surface area contributed by atoms with E-state index in [0.717, 1.165) is 117 Å². The normalized spacial score (nSPS) is 29.2. The minimum Gasteiger partial charge on any atom is -0.493 e. The van der Waals surface area contributed by atoms with Gasteiger partial charge in [0.05, 0.1) is 69.0 Å². The van der Waals surface area contributed by atoms with Gasteiger partial charge < -0.3 is 79.8 Å². The highest BCUT2D eigenvalue weighted by Crippen LogP contribution is 2.50. The summed E-state index contributed by atoms with van der Waals surface area (Å²) in [6.45, 7) is 24.5. The highest BCUT2D eigenvalue weighted by Gasteiger charge is 2.47. The maximum atomic E-state index is 12.9. The summed E-state index contributed by atoms with van der Waals surface area (Å²) in [5.74, 6) is -5.39. The lowest BCUT2D eigenvalue weighted by Crippen LogP contribution is -2.51. The van der Waals surface area contributed by atoms with Gasteiger partial charge in [-0.1, -0.05) is 111 Å². The molecule has 4 saturated heterocycles. The number of carbonyl (C=O) groups is 4. The van der Waals surface area contributed by atoms with Crippen molar-refractivity contribution in [3.8, 4) is 46.0 Å². The second-order valence-electron chi connectivity index (χ2n) is 35.8. The van der Waals surface area contributed by atoms with Crippen LogP contribution in [0.1, 0.15) is 259 Å². The number of esters is 4. The van der Waals surface area contributed by atoms with Crippen molar-refractivity contribution in [1.82, 2.24) is 19.6 Å². The number of fused-ring (bicyclic) bond motifs is 12. The standard InChI is InChI=1S/4C24H38N2O4/c4*1-14(2)9-17-13-26-8-7-16-10-21(28-5)22(29-6)11-18(16)19(26)12-20(17)30-24(27)23(25)15(3)4/h4*10-11,14-15,17,19-20,23H,7-9,12-13,25H2,1-6H3/t2*17-,19-,20-,23+;2*17-,19-,20-,23-/m1100/s1/i5D3;;2*1D3,5D3,9D2,14D/t2m;2*14?,17-,19-,20-,23-. The number of carbonyl (C=O) groups excluding carboxylic acids is 4. The summed E-state index contributed by atoms with van der Waals surface area (Å²) in [4.78, 5) is 60.2. The fraction of sp³-hybridized carbons (Fsp3) is 0.708. The third kappa shape index (κ3) is 23.8. The van der Waals surface area contributed by atoms with Gasteiger partial charge in [0.1, 0.15) is 48.6 Å². The van der Waals surface area contributed by atoms with Crippen molar-refractivity contribution in [1.29, 1.82) is 0 Å². The van der Waals surface area contributed by atoms with Gasteiger partial charge in [0, 0.05) is 142 Å². The smallest absolute Gasteiger partial charge is 0.323 e. The van der Waals surface area contributed by atoms with Gasteiger partial charge in [-0.05, 0) is 192 Å². The fourth-order valence-corrected chi connectivity index (χ4v) is 18.3. The number of nitrogens with zero attached hydrogens (tertiary/aromatic N) is 4. The monoisotopic (exact) mass is 1690 g/mol. The van der Waals surface area contributed by atoms with Gasteiger partial charge >= 0.3 is 23.9 Å². The third-order valence-corrected chi connectivity index (χ3v) is 25.1. The van der Waals surface area contributed by atoms with Gasteiger partial charge in [0.2, 0.25) is 0 Å². The number of nitrogens with two attached hydrogens (primary N) is 4. The minimum atomic E-state index is -2.93. The molecule has 0 bridgehead atoms. The SMILES string of the molecule is COc1cc2c(cc1OC)[C@H]1C[C@@H](OC(=O)[C@@H](N)C(C)C)[C@H](CC(C)C)CN1CC2.[2H]C([2H])([2H])Oc1cc2c(cc1OC)[C@@H]1C[C@H](OC(=O)[C@@H](N)C(C)C)[C@@H](C([2H])([2H])C([2H])(C)C([2H])([2H])[2H])CN1CC2.[2H]C([2H])([2H])Oc1cc2c(cc1OC)[C@@H]1C[C@H](OC(=O)[C@@H](N)C(C)C)[C@@H](C([2H])([2H])C([2H])(C)C([2H])([2H])[2H])CN1CC2.[2H]C([2H])([2H])Oc1cc2c(cc1OC)[C@H]1C[C@@H](OC(=O)[C@@H](N)C(C)C)[C@H](CC(C)C)CN1CC2. The minimum absolute atomic E-state index is 0.0115. The van der Waals surface area contributed by atoms with Crippen LogP contribution in [-0.4, -0.2) is 201 Å². The Hall–Kier alpha value is -7.16. The Morgan fingerprint density at radius 3 is 0.783 bits per heavy atom. The average Bonchev–Trinajstić information content (AvgIpc) is 0.728. The molecule has 2 unspecified atom stereocenters. The molecule has 0 spiro atoms. The van der Waals surface area contributed by atoms with E-state index in [1.807, 2.05) is 43.6 Å². The van der Waals surface area contributed by atoms with Gasteiger partial charge in [-0.2, -0.15) is 0 Å². The van der Waals surface area contributed by atoms with Gasteiger partial charge in [0.15, 0.2) is 46.0 Å². The van der Waals surface area contributed by atoms with Gasteiger partial charge in [-0.15, -0.1) is 0 Å². The molecule has 0 amide bonds. The highest BCUT2D eigenvalue weighted by molar-refractivity contribution is 5.77. The van der Waals surface area contributed by atoms with Gasteiger partial charge in [-0.3, -0.25) is 38.8 Å².